The third-order valence-corrected chi connectivity index (χ3v) is 3.54. The molecule has 5 heteroatoms. The molecule has 1 heterocycles. The third kappa shape index (κ3) is 2.87. The van der Waals surface area contributed by atoms with Crippen LogP contribution in [0.25, 0.3) is 11.1 Å². The van der Waals surface area contributed by atoms with E-state index in [0.29, 0.717) is 13.2 Å². The van der Waals surface area contributed by atoms with Crippen molar-refractivity contribution in [3.05, 3.63) is 58.6 Å². The van der Waals surface area contributed by atoms with Gasteiger partial charge in [-0.2, -0.15) is 0 Å². The van der Waals surface area contributed by atoms with Gasteiger partial charge in [0.15, 0.2) is 0 Å². The Morgan fingerprint density at radius 1 is 1.19 bits per heavy atom. The van der Waals surface area contributed by atoms with Gasteiger partial charge in [0.2, 0.25) is 0 Å². The molecule has 1 aliphatic rings. The highest BCUT2D eigenvalue weighted by Crippen LogP contribution is 2.32. The fraction of sp³-hybridized carbons (Fsp3) is 0.250. The highest BCUT2D eigenvalue weighted by Gasteiger charge is 2.16. The number of morpholine rings is 1. The first-order valence-electron chi connectivity index (χ1n) is 6.84. The molecule has 0 aromatic heterocycles. The van der Waals surface area contributed by atoms with Gasteiger partial charge in [-0.25, -0.2) is 0 Å². The van der Waals surface area contributed by atoms with Crippen molar-refractivity contribution in [2.45, 2.75) is 0 Å². The first kappa shape index (κ1) is 13.6. The second kappa shape index (κ2) is 5.93. The summed E-state index contributed by atoms with van der Waals surface area (Å²) in [6.07, 6.45) is 0. The first-order chi connectivity index (χ1) is 10.3. The molecule has 0 bridgehead atoms. The zero-order chi connectivity index (χ0) is 14.7. The lowest BCUT2D eigenvalue weighted by molar-refractivity contribution is -0.384. The maximum absolute atomic E-state index is 10.9. The van der Waals surface area contributed by atoms with Crippen LogP contribution in [-0.2, 0) is 4.74 Å². The molecule has 21 heavy (non-hydrogen) atoms. The largest absolute Gasteiger partial charge is 0.378 e. The van der Waals surface area contributed by atoms with Crippen molar-refractivity contribution < 1.29 is 9.66 Å². The number of nitro benzene ring substituents is 1. The summed E-state index contributed by atoms with van der Waals surface area (Å²) < 4.78 is 5.38. The van der Waals surface area contributed by atoms with Crippen molar-refractivity contribution in [2.24, 2.45) is 0 Å². The van der Waals surface area contributed by atoms with E-state index in [-0.39, 0.29) is 10.6 Å². The van der Waals surface area contributed by atoms with Crippen molar-refractivity contribution in [2.75, 3.05) is 31.2 Å². The predicted molar refractivity (Wildman–Crippen MR) is 80.4 cm³/mol. The molecular weight excluding hydrogens is 268 g/mol. The Kier molecular flexibility index (Phi) is 3.83. The van der Waals surface area contributed by atoms with Crippen molar-refractivity contribution in [1.82, 2.24) is 0 Å². The van der Waals surface area contributed by atoms with Crippen LogP contribution < -0.4 is 4.90 Å². The van der Waals surface area contributed by atoms with Gasteiger partial charge in [-0.1, -0.05) is 18.2 Å². The molecule has 0 N–H and O–H groups in total. The number of rotatable bonds is 3. The smallest absolute Gasteiger partial charge is 0.270 e. The topological polar surface area (TPSA) is 55.6 Å². The Bertz CT molecular complexity index is 651. The van der Waals surface area contributed by atoms with Crippen LogP contribution in [0.5, 0.6) is 0 Å². The van der Waals surface area contributed by atoms with Crippen LogP contribution >= 0.6 is 0 Å². The van der Waals surface area contributed by atoms with Crippen molar-refractivity contribution in [3.63, 3.8) is 0 Å². The van der Waals surface area contributed by atoms with Gasteiger partial charge in [-0.3, -0.25) is 10.1 Å². The molecule has 2 aromatic carbocycles. The average Bonchev–Trinajstić information content (AvgIpc) is 2.56. The molecule has 1 aliphatic heterocycles. The maximum Gasteiger partial charge on any atom is 0.270 e. The van der Waals surface area contributed by atoms with Crippen molar-refractivity contribution >= 4 is 11.4 Å². The number of benzene rings is 2. The quantitative estimate of drug-likeness (QED) is 0.642. The van der Waals surface area contributed by atoms with Crippen LogP contribution in [0.4, 0.5) is 11.4 Å². The molecule has 0 amide bonds. The molecule has 0 aliphatic carbocycles. The minimum atomic E-state index is -0.380. The highest BCUT2D eigenvalue weighted by atomic mass is 16.6. The second-order valence-electron chi connectivity index (χ2n) is 4.83. The lowest BCUT2D eigenvalue weighted by Crippen LogP contribution is -2.36. The SMILES string of the molecule is O=[N+]([O-])c1cc[c]c(-c2ccccc2N2CCOCC2)c1. The number of nitrogens with zero attached hydrogens (tertiary/aromatic N) is 2. The number of hydrogen-bond acceptors (Lipinski definition) is 4. The number of nitro groups is 1. The number of non-ortho nitro benzene ring substituents is 1. The lowest BCUT2D eigenvalue weighted by Gasteiger charge is -2.30. The van der Waals surface area contributed by atoms with E-state index in [1.807, 2.05) is 24.3 Å². The summed E-state index contributed by atoms with van der Waals surface area (Å²) in [7, 11) is 0. The van der Waals surface area contributed by atoms with E-state index in [4.69, 9.17) is 4.74 Å². The van der Waals surface area contributed by atoms with E-state index < -0.39 is 0 Å². The molecule has 0 spiro atoms. The van der Waals surface area contributed by atoms with Crippen molar-refractivity contribution in [3.8, 4) is 11.1 Å². The van der Waals surface area contributed by atoms with Crippen LogP contribution in [0, 0.1) is 16.2 Å². The molecule has 1 fully saturated rings. The Balaban J connectivity index is 2.02. The standard InChI is InChI=1S/C16H15N2O3/c19-18(20)14-5-3-4-13(12-14)15-6-1-2-7-16(15)17-8-10-21-11-9-17/h1-3,5-7,12H,8-11H2. The van der Waals surface area contributed by atoms with Crippen LogP contribution in [0.15, 0.2) is 42.5 Å². The van der Waals surface area contributed by atoms with Gasteiger partial charge < -0.3 is 9.64 Å². The molecule has 2 aromatic rings. The number of ether oxygens (including phenoxy) is 1. The monoisotopic (exact) mass is 283 g/mol. The Morgan fingerprint density at radius 3 is 2.71 bits per heavy atom. The van der Waals surface area contributed by atoms with E-state index in [9.17, 15) is 10.1 Å². The fourth-order valence-electron chi connectivity index (χ4n) is 2.50. The summed E-state index contributed by atoms with van der Waals surface area (Å²) in [5.41, 5.74) is 2.85. The second-order valence-corrected chi connectivity index (χ2v) is 4.83. The van der Waals surface area contributed by atoms with E-state index in [2.05, 4.69) is 11.0 Å². The van der Waals surface area contributed by atoms with Gasteiger partial charge in [0.25, 0.3) is 5.69 Å². The average molecular weight is 283 g/mol. The molecule has 1 radical (unpaired) electrons. The van der Waals surface area contributed by atoms with Gasteiger partial charge >= 0.3 is 0 Å². The van der Waals surface area contributed by atoms with E-state index in [1.54, 1.807) is 12.1 Å². The van der Waals surface area contributed by atoms with Crippen LogP contribution in [0.3, 0.4) is 0 Å². The lowest BCUT2D eigenvalue weighted by atomic mass is 10.0. The predicted octanol–water partition coefficient (Wildman–Crippen LogP) is 2.90. The Labute approximate surface area is 122 Å². The summed E-state index contributed by atoms with van der Waals surface area (Å²) in [5.74, 6) is 0. The number of hydrogen-bond donors (Lipinski definition) is 0. The molecular formula is C16H15N2O3. The summed E-state index contributed by atoms with van der Waals surface area (Å²) >= 11 is 0. The molecule has 0 unspecified atom stereocenters. The van der Waals surface area contributed by atoms with Gasteiger partial charge in [-0.15, -0.1) is 0 Å². The number of anilines is 1. The molecule has 3 rings (SSSR count). The number of para-hydroxylation sites is 1. The minimum Gasteiger partial charge on any atom is -0.378 e. The van der Waals surface area contributed by atoms with Crippen LogP contribution in [-0.4, -0.2) is 31.2 Å². The molecule has 5 nitrogen and oxygen atoms in total. The maximum atomic E-state index is 10.9. The molecule has 1 saturated heterocycles. The molecule has 0 atom stereocenters. The normalized spacial score (nSPS) is 15.0. The van der Waals surface area contributed by atoms with Gasteiger partial charge in [-0.05, 0) is 23.8 Å². The van der Waals surface area contributed by atoms with Gasteiger partial charge in [0, 0.05) is 36.5 Å². The molecule has 107 valence electrons. The summed E-state index contributed by atoms with van der Waals surface area (Å²) in [6, 6.07) is 15.6. The van der Waals surface area contributed by atoms with E-state index >= 15 is 0 Å². The fourth-order valence-corrected chi connectivity index (χ4v) is 2.50. The summed E-state index contributed by atoms with van der Waals surface area (Å²) in [4.78, 5) is 12.8. The first-order valence-corrected chi connectivity index (χ1v) is 6.84. The zero-order valence-electron chi connectivity index (χ0n) is 11.5. The Morgan fingerprint density at radius 2 is 1.95 bits per heavy atom. The third-order valence-electron chi connectivity index (χ3n) is 3.54. The highest BCUT2D eigenvalue weighted by molar-refractivity contribution is 5.79. The van der Waals surface area contributed by atoms with Crippen LogP contribution in [0.2, 0.25) is 0 Å². The van der Waals surface area contributed by atoms with Crippen molar-refractivity contribution in [1.29, 1.82) is 0 Å². The Hall–Kier alpha value is -2.40. The summed E-state index contributed by atoms with van der Waals surface area (Å²) in [5, 5.41) is 10.9. The van der Waals surface area contributed by atoms with Gasteiger partial charge in [0.1, 0.15) is 0 Å². The van der Waals surface area contributed by atoms with Crippen LogP contribution in [0.1, 0.15) is 0 Å². The van der Waals surface area contributed by atoms with Gasteiger partial charge in [0.05, 0.1) is 18.1 Å². The van der Waals surface area contributed by atoms with E-state index in [0.717, 1.165) is 29.9 Å². The van der Waals surface area contributed by atoms with E-state index in [1.165, 1.54) is 6.07 Å². The summed E-state index contributed by atoms with van der Waals surface area (Å²) in [6.45, 7) is 3.05. The molecule has 0 saturated carbocycles. The zero-order valence-corrected chi connectivity index (χ0v) is 11.5. The minimum absolute atomic E-state index is 0.0838.